The van der Waals surface area contributed by atoms with Gasteiger partial charge in [0.1, 0.15) is 5.69 Å². The van der Waals surface area contributed by atoms with Crippen molar-refractivity contribution < 1.29 is 9.53 Å². The third kappa shape index (κ3) is 1.42. The van der Waals surface area contributed by atoms with Crippen molar-refractivity contribution in [1.82, 2.24) is 0 Å². The van der Waals surface area contributed by atoms with E-state index in [0.717, 1.165) is 0 Å². The Labute approximate surface area is 91.0 Å². The van der Waals surface area contributed by atoms with Crippen LogP contribution in [0.3, 0.4) is 0 Å². The Bertz CT molecular complexity index is 406. The second-order valence-corrected chi connectivity index (χ2v) is 3.80. The van der Waals surface area contributed by atoms with Gasteiger partial charge in [-0.05, 0) is 19.1 Å². The van der Waals surface area contributed by atoms with Gasteiger partial charge in [-0.15, -0.1) is 0 Å². The SMILES string of the molecule is CC1Oc2c(Cl)ccc(Cl)c2NC1=O. The van der Waals surface area contributed by atoms with Crippen LogP contribution in [0.15, 0.2) is 12.1 Å². The van der Waals surface area contributed by atoms with Gasteiger partial charge in [-0.3, -0.25) is 4.79 Å². The van der Waals surface area contributed by atoms with Crippen LogP contribution >= 0.6 is 23.2 Å². The van der Waals surface area contributed by atoms with Crippen LogP contribution in [-0.4, -0.2) is 12.0 Å². The van der Waals surface area contributed by atoms with Crippen LogP contribution in [-0.2, 0) is 4.79 Å². The number of anilines is 1. The maximum absolute atomic E-state index is 11.3. The molecule has 0 saturated heterocycles. The summed E-state index contributed by atoms with van der Waals surface area (Å²) < 4.78 is 5.33. The van der Waals surface area contributed by atoms with Crippen LogP contribution < -0.4 is 10.1 Å². The molecule has 14 heavy (non-hydrogen) atoms. The van der Waals surface area contributed by atoms with Gasteiger partial charge in [0.25, 0.3) is 5.91 Å². The molecule has 3 nitrogen and oxygen atoms in total. The van der Waals surface area contributed by atoms with Crippen molar-refractivity contribution >= 4 is 34.8 Å². The van der Waals surface area contributed by atoms with Crippen LogP contribution in [0, 0.1) is 0 Å². The first kappa shape index (κ1) is 9.62. The topological polar surface area (TPSA) is 38.3 Å². The molecule has 0 saturated carbocycles. The second kappa shape index (κ2) is 3.33. The first-order chi connectivity index (χ1) is 6.59. The lowest BCUT2D eigenvalue weighted by atomic mass is 10.2. The number of ether oxygens (including phenoxy) is 1. The minimum atomic E-state index is -0.543. The quantitative estimate of drug-likeness (QED) is 0.746. The van der Waals surface area contributed by atoms with E-state index in [4.69, 9.17) is 27.9 Å². The van der Waals surface area contributed by atoms with E-state index < -0.39 is 6.10 Å². The van der Waals surface area contributed by atoms with Crippen LogP contribution in [0.5, 0.6) is 5.75 Å². The first-order valence-electron chi connectivity index (χ1n) is 4.05. The molecular formula is C9H7Cl2NO2. The molecule has 1 aliphatic heterocycles. The molecule has 1 aliphatic rings. The van der Waals surface area contributed by atoms with Gasteiger partial charge in [-0.1, -0.05) is 23.2 Å². The number of amides is 1. The molecule has 0 fully saturated rings. The summed E-state index contributed by atoms with van der Waals surface area (Å²) in [4.78, 5) is 11.3. The largest absolute Gasteiger partial charge is 0.477 e. The maximum atomic E-state index is 11.3. The summed E-state index contributed by atoms with van der Waals surface area (Å²) in [6.45, 7) is 1.65. The van der Waals surface area contributed by atoms with E-state index >= 15 is 0 Å². The highest BCUT2D eigenvalue weighted by atomic mass is 35.5. The fraction of sp³-hybridized carbons (Fsp3) is 0.222. The summed E-state index contributed by atoms with van der Waals surface area (Å²) in [5.41, 5.74) is 0.447. The number of hydrogen-bond acceptors (Lipinski definition) is 2. The lowest BCUT2D eigenvalue weighted by molar-refractivity contribution is -0.122. The number of halogens is 2. The molecule has 74 valence electrons. The Kier molecular flexibility index (Phi) is 2.29. The van der Waals surface area contributed by atoms with E-state index in [9.17, 15) is 4.79 Å². The molecule has 1 amide bonds. The summed E-state index contributed by atoms with van der Waals surface area (Å²) in [7, 11) is 0. The molecular weight excluding hydrogens is 225 g/mol. The van der Waals surface area contributed by atoms with Gasteiger partial charge in [-0.25, -0.2) is 0 Å². The van der Waals surface area contributed by atoms with E-state index in [1.165, 1.54) is 0 Å². The van der Waals surface area contributed by atoms with Gasteiger partial charge < -0.3 is 10.1 Å². The fourth-order valence-corrected chi connectivity index (χ4v) is 1.62. The number of nitrogens with one attached hydrogen (secondary N) is 1. The third-order valence-electron chi connectivity index (χ3n) is 1.97. The highest BCUT2D eigenvalue weighted by Crippen LogP contribution is 2.41. The maximum Gasteiger partial charge on any atom is 0.265 e. The summed E-state index contributed by atoms with van der Waals surface area (Å²) in [6, 6.07) is 3.25. The van der Waals surface area contributed by atoms with Gasteiger partial charge in [0.15, 0.2) is 11.9 Å². The molecule has 5 heteroatoms. The van der Waals surface area contributed by atoms with Gasteiger partial charge in [0.2, 0.25) is 0 Å². The number of carbonyl (C=O) groups excluding carboxylic acids is 1. The second-order valence-electron chi connectivity index (χ2n) is 2.98. The number of carbonyl (C=O) groups is 1. The fourth-order valence-electron chi connectivity index (χ4n) is 1.22. The minimum absolute atomic E-state index is 0.221. The summed E-state index contributed by atoms with van der Waals surface area (Å²) >= 11 is 11.8. The molecule has 0 aliphatic carbocycles. The Morgan fingerprint density at radius 2 is 2.00 bits per heavy atom. The highest BCUT2D eigenvalue weighted by Gasteiger charge is 2.27. The molecule has 0 bridgehead atoms. The molecule has 1 atom stereocenters. The van der Waals surface area contributed by atoms with E-state index in [1.54, 1.807) is 19.1 Å². The van der Waals surface area contributed by atoms with Crippen molar-refractivity contribution in [2.24, 2.45) is 0 Å². The van der Waals surface area contributed by atoms with Crippen molar-refractivity contribution in [2.75, 3.05) is 5.32 Å². The Balaban J connectivity index is 2.55. The highest BCUT2D eigenvalue weighted by molar-refractivity contribution is 6.37. The zero-order valence-electron chi connectivity index (χ0n) is 7.30. The Hall–Kier alpha value is -0.930. The molecule has 0 radical (unpaired) electrons. The van der Waals surface area contributed by atoms with E-state index in [2.05, 4.69) is 5.32 Å². The molecule has 1 unspecified atom stereocenters. The third-order valence-corrected chi connectivity index (χ3v) is 2.58. The molecule has 1 aromatic rings. The van der Waals surface area contributed by atoms with Crippen molar-refractivity contribution in [1.29, 1.82) is 0 Å². The van der Waals surface area contributed by atoms with E-state index in [0.29, 0.717) is 21.5 Å². The summed E-state index contributed by atoms with van der Waals surface area (Å²) in [5.74, 6) is 0.216. The van der Waals surface area contributed by atoms with Crippen LogP contribution in [0.1, 0.15) is 6.92 Å². The number of benzene rings is 1. The monoisotopic (exact) mass is 231 g/mol. The Morgan fingerprint density at radius 3 is 2.71 bits per heavy atom. The van der Waals surface area contributed by atoms with Crippen LogP contribution in [0.25, 0.3) is 0 Å². The van der Waals surface area contributed by atoms with Gasteiger partial charge in [0, 0.05) is 0 Å². The molecule has 1 N–H and O–H groups in total. The average Bonchev–Trinajstić information content (AvgIpc) is 2.15. The van der Waals surface area contributed by atoms with Crippen molar-refractivity contribution in [3.63, 3.8) is 0 Å². The van der Waals surface area contributed by atoms with Crippen LogP contribution in [0.2, 0.25) is 10.0 Å². The zero-order chi connectivity index (χ0) is 10.3. The number of rotatable bonds is 0. The van der Waals surface area contributed by atoms with E-state index in [1.807, 2.05) is 0 Å². The smallest absolute Gasteiger partial charge is 0.265 e. The van der Waals surface area contributed by atoms with Crippen molar-refractivity contribution in [2.45, 2.75) is 13.0 Å². The van der Waals surface area contributed by atoms with Crippen molar-refractivity contribution in [3.8, 4) is 5.75 Å². The lowest BCUT2D eigenvalue weighted by Gasteiger charge is -2.24. The normalized spacial score (nSPS) is 19.6. The predicted octanol–water partition coefficient (Wildman–Crippen LogP) is 2.71. The average molecular weight is 232 g/mol. The zero-order valence-corrected chi connectivity index (χ0v) is 8.82. The molecule has 1 heterocycles. The van der Waals surface area contributed by atoms with Gasteiger partial charge in [0.05, 0.1) is 10.0 Å². The minimum Gasteiger partial charge on any atom is -0.477 e. The number of fused-ring (bicyclic) bond motifs is 1. The lowest BCUT2D eigenvalue weighted by Crippen LogP contribution is -2.34. The number of hydrogen-bond donors (Lipinski definition) is 1. The molecule has 0 spiro atoms. The van der Waals surface area contributed by atoms with Crippen LogP contribution in [0.4, 0.5) is 5.69 Å². The summed E-state index contributed by atoms with van der Waals surface area (Å²) in [5, 5.41) is 3.50. The molecule has 1 aromatic carbocycles. The Morgan fingerprint density at radius 1 is 1.36 bits per heavy atom. The summed E-state index contributed by atoms with van der Waals surface area (Å²) in [6.07, 6.45) is -0.543. The standard InChI is InChI=1S/C9H7Cl2NO2/c1-4-9(13)12-7-5(10)2-3-6(11)8(7)14-4/h2-4H,1H3,(H,12,13). The van der Waals surface area contributed by atoms with Gasteiger partial charge in [-0.2, -0.15) is 0 Å². The van der Waals surface area contributed by atoms with E-state index in [-0.39, 0.29) is 5.91 Å². The first-order valence-corrected chi connectivity index (χ1v) is 4.80. The molecule has 0 aromatic heterocycles. The predicted molar refractivity (Wildman–Crippen MR) is 55.2 cm³/mol. The van der Waals surface area contributed by atoms with Gasteiger partial charge >= 0.3 is 0 Å². The van der Waals surface area contributed by atoms with Crippen molar-refractivity contribution in [3.05, 3.63) is 22.2 Å². The molecule has 2 rings (SSSR count).